The van der Waals surface area contributed by atoms with Crippen LogP contribution in [0.2, 0.25) is 0 Å². The summed E-state index contributed by atoms with van der Waals surface area (Å²) in [6.07, 6.45) is 4.23. The summed E-state index contributed by atoms with van der Waals surface area (Å²) in [6, 6.07) is 0.930. The molecule has 0 unspecified atom stereocenters. The highest BCUT2D eigenvalue weighted by atomic mass is 15.2. The van der Waals surface area contributed by atoms with E-state index in [1.165, 1.54) is 45.4 Å². The molecule has 70 valence electrons. The first-order valence-corrected chi connectivity index (χ1v) is 5.31. The van der Waals surface area contributed by atoms with Crippen molar-refractivity contribution in [2.45, 2.75) is 32.2 Å². The van der Waals surface area contributed by atoms with E-state index in [9.17, 15) is 0 Å². The van der Waals surface area contributed by atoms with E-state index in [2.05, 4.69) is 17.1 Å². The average Bonchev–Trinajstić information content (AvgIpc) is 2.26. The van der Waals surface area contributed by atoms with Gasteiger partial charge in [0.2, 0.25) is 0 Å². The Morgan fingerprint density at radius 3 is 2.75 bits per heavy atom. The Balaban J connectivity index is 1.78. The minimum absolute atomic E-state index is 0.930. The van der Waals surface area contributed by atoms with Crippen LogP contribution in [0.1, 0.15) is 26.2 Å². The lowest BCUT2D eigenvalue weighted by molar-refractivity contribution is 0.0925. The van der Waals surface area contributed by atoms with Gasteiger partial charge in [-0.2, -0.15) is 0 Å². The molecule has 2 aliphatic rings. The molecule has 1 heterocycles. The fourth-order valence-electron chi connectivity index (χ4n) is 2.39. The molecule has 2 fully saturated rings. The molecule has 0 aromatic heterocycles. The van der Waals surface area contributed by atoms with Crippen molar-refractivity contribution in [3.8, 4) is 0 Å². The molecule has 1 saturated heterocycles. The van der Waals surface area contributed by atoms with E-state index in [4.69, 9.17) is 0 Å². The molecule has 2 nitrogen and oxygen atoms in total. The molecule has 1 aliphatic heterocycles. The molecule has 2 rings (SSSR count). The summed E-state index contributed by atoms with van der Waals surface area (Å²) in [5.74, 6) is 0.992. The fraction of sp³-hybridized carbons (Fsp3) is 1.00. The van der Waals surface area contributed by atoms with Gasteiger partial charge in [0, 0.05) is 19.1 Å². The van der Waals surface area contributed by atoms with Gasteiger partial charge >= 0.3 is 0 Å². The van der Waals surface area contributed by atoms with E-state index in [1.54, 1.807) is 0 Å². The van der Waals surface area contributed by atoms with Crippen molar-refractivity contribution < 1.29 is 0 Å². The third-order valence-electron chi connectivity index (χ3n) is 3.24. The van der Waals surface area contributed by atoms with Gasteiger partial charge in [0.15, 0.2) is 0 Å². The van der Waals surface area contributed by atoms with Crippen LogP contribution in [0.5, 0.6) is 0 Å². The topological polar surface area (TPSA) is 15.3 Å². The monoisotopic (exact) mass is 168 g/mol. The van der Waals surface area contributed by atoms with Crippen LogP contribution >= 0.6 is 0 Å². The summed E-state index contributed by atoms with van der Waals surface area (Å²) in [6.45, 7) is 7.39. The fourth-order valence-corrected chi connectivity index (χ4v) is 2.39. The normalized spacial score (nSPS) is 38.8. The van der Waals surface area contributed by atoms with E-state index in [1.807, 2.05) is 0 Å². The van der Waals surface area contributed by atoms with Crippen LogP contribution < -0.4 is 5.32 Å². The molecule has 1 N–H and O–H groups in total. The van der Waals surface area contributed by atoms with Crippen LogP contribution in [-0.2, 0) is 0 Å². The molecule has 0 aromatic rings. The lowest BCUT2D eigenvalue weighted by atomic mass is 9.81. The van der Waals surface area contributed by atoms with E-state index in [-0.39, 0.29) is 0 Å². The molecular formula is C10H20N2. The minimum Gasteiger partial charge on any atom is -0.315 e. The smallest absolute Gasteiger partial charge is 0.0110 e. The minimum atomic E-state index is 0.930. The van der Waals surface area contributed by atoms with Gasteiger partial charge in [-0.25, -0.2) is 0 Å². The van der Waals surface area contributed by atoms with Crippen LogP contribution in [0.15, 0.2) is 0 Å². The second kappa shape index (κ2) is 3.75. The second-order valence-corrected chi connectivity index (χ2v) is 4.37. The Bertz CT molecular complexity index is 133. The van der Waals surface area contributed by atoms with Crippen LogP contribution in [0.3, 0.4) is 0 Å². The zero-order chi connectivity index (χ0) is 8.39. The van der Waals surface area contributed by atoms with Gasteiger partial charge in [-0.1, -0.05) is 6.92 Å². The molecule has 0 amide bonds. The van der Waals surface area contributed by atoms with E-state index in [0.29, 0.717) is 0 Å². The first kappa shape index (κ1) is 8.52. The highest BCUT2D eigenvalue weighted by Crippen LogP contribution is 2.31. The summed E-state index contributed by atoms with van der Waals surface area (Å²) in [7, 11) is 0. The van der Waals surface area contributed by atoms with Crippen molar-refractivity contribution in [2.75, 3.05) is 26.2 Å². The number of hydrogen-bond donors (Lipinski definition) is 1. The molecule has 0 bridgehead atoms. The molecule has 0 radical (unpaired) electrons. The zero-order valence-corrected chi connectivity index (χ0v) is 8.05. The van der Waals surface area contributed by atoms with Crippen molar-refractivity contribution >= 4 is 0 Å². The van der Waals surface area contributed by atoms with Gasteiger partial charge in [0.1, 0.15) is 0 Å². The summed E-state index contributed by atoms with van der Waals surface area (Å²) >= 11 is 0. The third-order valence-corrected chi connectivity index (χ3v) is 3.24. The van der Waals surface area contributed by atoms with Crippen LogP contribution in [-0.4, -0.2) is 37.1 Å². The highest BCUT2D eigenvalue weighted by Gasteiger charge is 2.30. The molecule has 1 aliphatic carbocycles. The van der Waals surface area contributed by atoms with Crippen molar-refractivity contribution in [3.05, 3.63) is 0 Å². The van der Waals surface area contributed by atoms with Crippen molar-refractivity contribution in [1.82, 2.24) is 10.2 Å². The lowest BCUT2D eigenvalue weighted by Crippen LogP contribution is -2.45. The second-order valence-electron chi connectivity index (χ2n) is 4.37. The van der Waals surface area contributed by atoms with E-state index >= 15 is 0 Å². The average molecular weight is 168 g/mol. The maximum atomic E-state index is 3.45. The summed E-state index contributed by atoms with van der Waals surface area (Å²) < 4.78 is 0. The van der Waals surface area contributed by atoms with Gasteiger partial charge in [0.05, 0.1) is 0 Å². The molecule has 0 spiro atoms. The molecule has 1 saturated carbocycles. The SMILES string of the molecule is CC1CC(N2CCCNCC2)C1. The number of hydrogen-bond acceptors (Lipinski definition) is 2. The van der Waals surface area contributed by atoms with Crippen LogP contribution in [0.4, 0.5) is 0 Å². The van der Waals surface area contributed by atoms with E-state index < -0.39 is 0 Å². The first-order chi connectivity index (χ1) is 5.86. The maximum Gasteiger partial charge on any atom is 0.0110 e. The van der Waals surface area contributed by atoms with Gasteiger partial charge in [-0.3, -0.25) is 4.90 Å². The molecule has 12 heavy (non-hydrogen) atoms. The van der Waals surface area contributed by atoms with Crippen LogP contribution in [0, 0.1) is 5.92 Å². The van der Waals surface area contributed by atoms with Gasteiger partial charge in [-0.05, 0) is 38.3 Å². The Labute approximate surface area is 75.3 Å². The lowest BCUT2D eigenvalue weighted by Gasteiger charge is -2.41. The highest BCUT2D eigenvalue weighted by molar-refractivity contribution is 4.85. The zero-order valence-electron chi connectivity index (χ0n) is 8.05. The van der Waals surface area contributed by atoms with Crippen molar-refractivity contribution in [3.63, 3.8) is 0 Å². The number of nitrogens with zero attached hydrogens (tertiary/aromatic N) is 1. The summed E-state index contributed by atoms with van der Waals surface area (Å²) in [5.41, 5.74) is 0. The van der Waals surface area contributed by atoms with Crippen molar-refractivity contribution in [1.29, 1.82) is 0 Å². The van der Waals surface area contributed by atoms with Crippen molar-refractivity contribution in [2.24, 2.45) is 5.92 Å². The quantitative estimate of drug-likeness (QED) is 0.630. The number of rotatable bonds is 1. The Morgan fingerprint density at radius 1 is 1.17 bits per heavy atom. The van der Waals surface area contributed by atoms with Gasteiger partial charge < -0.3 is 5.32 Å². The summed E-state index contributed by atoms with van der Waals surface area (Å²) in [4.78, 5) is 2.68. The molecule has 2 heteroatoms. The van der Waals surface area contributed by atoms with Gasteiger partial charge in [-0.15, -0.1) is 0 Å². The standard InChI is InChI=1S/C10H20N2/c1-9-7-10(8-9)12-5-2-3-11-4-6-12/h9-11H,2-8H2,1H3. The third kappa shape index (κ3) is 1.80. The van der Waals surface area contributed by atoms with Gasteiger partial charge in [0.25, 0.3) is 0 Å². The first-order valence-electron chi connectivity index (χ1n) is 5.31. The number of nitrogens with one attached hydrogen (secondary N) is 1. The Hall–Kier alpha value is -0.0800. The largest absolute Gasteiger partial charge is 0.315 e. The molecular weight excluding hydrogens is 148 g/mol. The molecule has 0 aromatic carbocycles. The maximum absolute atomic E-state index is 3.45. The predicted octanol–water partition coefficient (Wildman–Crippen LogP) is 1.08. The summed E-state index contributed by atoms with van der Waals surface area (Å²) in [5, 5.41) is 3.45. The van der Waals surface area contributed by atoms with E-state index in [0.717, 1.165) is 12.0 Å². The Morgan fingerprint density at radius 2 is 2.00 bits per heavy atom. The predicted molar refractivity (Wildman–Crippen MR) is 51.2 cm³/mol. The van der Waals surface area contributed by atoms with Crippen LogP contribution in [0.25, 0.3) is 0 Å². The molecule has 0 atom stereocenters. The Kier molecular flexibility index (Phi) is 2.66.